The van der Waals surface area contributed by atoms with Crippen molar-refractivity contribution in [2.75, 3.05) is 13.7 Å². The van der Waals surface area contributed by atoms with Gasteiger partial charge in [0.05, 0.1) is 7.11 Å². The Kier molecular flexibility index (Phi) is 2.51. The zero-order chi connectivity index (χ0) is 7.49. The third kappa shape index (κ3) is 1.93. The summed E-state index contributed by atoms with van der Waals surface area (Å²) in [6.45, 7) is -1.51. The van der Waals surface area contributed by atoms with Gasteiger partial charge in [0, 0.05) is 0 Å². The largest absolute Gasteiger partial charge is 0.465 e. The van der Waals surface area contributed by atoms with Gasteiger partial charge in [0.25, 0.3) is 0 Å². The Morgan fingerprint density at radius 2 is 2.22 bits per heavy atom. The SMILES string of the molecule is COC(=O)C(F)(F)CO. The van der Waals surface area contributed by atoms with Crippen molar-refractivity contribution in [2.24, 2.45) is 0 Å². The molecule has 0 unspecified atom stereocenters. The van der Waals surface area contributed by atoms with E-state index in [4.69, 9.17) is 5.11 Å². The predicted molar refractivity (Wildman–Crippen MR) is 24.0 cm³/mol. The molecule has 0 heterocycles. The van der Waals surface area contributed by atoms with Crippen LogP contribution in [0.4, 0.5) is 8.78 Å². The number of aliphatic hydroxyl groups is 1. The molecule has 5 heteroatoms. The van der Waals surface area contributed by atoms with E-state index in [-0.39, 0.29) is 0 Å². The van der Waals surface area contributed by atoms with Gasteiger partial charge < -0.3 is 9.84 Å². The first-order valence-electron chi connectivity index (χ1n) is 2.11. The van der Waals surface area contributed by atoms with Crippen molar-refractivity contribution in [1.29, 1.82) is 0 Å². The molecule has 0 aliphatic heterocycles. The normalized spacial score (nSPS) is 11.1. The molecular formula is C4H6F2O3. The summed E-state index contributed by atoms with van der Waals surface area (Å²) in [6.07, 6.45) is 0. The molecule has 0 radical (unpaired) electrons. The molecule has 0 aliphatic rings. The highest BCUT2D eigenvalue weighted by Gasteiger charge is 2.39. The number of alkyl halides is 2. The summed E-state index contributed by atoms with van der Waals surface area (Å²) in [5.41, 5.74) is 0. The molecule has 0 aromatic rings. The first-order chi connectivity index (χ1) is 4.04. The fourth-order valence-corrected chi connectivity index (χ4v) is 0.214. The molecular weight excluding hydrogens is 134 g/mol. The van der Waals surface area contributed by atoms with E-state index in [0.29, 0.717) is 0 Å². The van der Waals surface area contributed by atoms with E-state index in [1.54, 1.807) is 0 Å². The van der Waals surface area contributed by atoms with E-state index < -0.39 is 18.5 Å². The number of ether oxygens (including phenoxy) is 1. The summed E-state index contributed by atoms with van der Waals surface area (Å²) < 4.78 is 27.3. The Labute approximate surface area is 50.2 Å². The van der Waals surface area contributed by atoms with Crippen LogP contribution in [0.1, 0.15) is 0 Å². The maximum absolute atomic E-state index is 11.8. The Morgan fingerprint density at radius 3 is 2.33 bits per heavy atom. The van der Waals surface area contributed by atoms with E-state index >= 15 is 0 Å². The Balaban J connectivity index is 3.97. The lowest BCUT2D eigenvalue weighted by Crippen LogP contribution is -2.33. The summed E-state index contributed by atoms with van der Waals surface area (Å²) in [5.74, 6) is -5.47. The van der Waals surface area contributed by atoms with Gasteiger partial charge in [-0.05, 0) is 0 Å². The lowest BCUT2D eigenvalue weighted by molar-refractivity contribution is -0.173. The Bertz CT molecular complexity index is 112. The van der Waals surface area contributed by atoms with E-state index in [1.165, 1.54) is 0 Å². The van der Waals surface area contributed by atoms with Gasteiger partial charge in [0.15, 0.2) is 0 Å². The lowest BCUT2D eigenvalue weighted by atomic mass is 10.4. The second kappa shape index (κ2) is 2.72. The van der Waals surface area contributed by atoms with Crippen LogP contribution in [0.3, 0.4) is 0 Å². The predicted octanol–water partition coefficient (Wildman–Crippen LogP) is -0.213. The van der Waals surface area contributed by atoms with Crippen LogP contribution in [0.25, 0.3) is 0 Å². The number of esters is 1. The van der Waals surface area contributed by atoms with Crippen LogP contribution >= 0.6 is 0 Å². The van der Waals surface area contributed by atoms with Crippen molar-refractivity contribution in [3.63, 3.8) is 0 Å². The molecule has 1 N–H and O–H groups in total. The Morgan fingerprint density at radius 1 is 1.78 bits per heavy atom. The molecule has 0 atom stereocenters. The fraction of sp³-hybridized carbons (Fsp3) is 0.750. The summed E-state index contributed by atoms with van der Waals surface area (Å²) in [7, 11) is 0.825. The smallest absolute Gasteiger partial charge is 0.379 e. The maximum Gasteiger partial charge on any atom is 0.379 e. The highest BCUT2D eigenvalue weighted by atomic mass is 19.3. The van der Waals surface area contributed by atoms with Crippen molar-refractivity contribution < 1.29 is 23.4 Å². The van der Waals surface area contributed by atoms with Gasteiger partial charge in [0.2, 0.25) is 0 Å². The molecule has 0 bridgehead atoms. The van der Waals surface area contributed by atoms with Crippen molar-refractivity contribution in [2.45, 2.75) is 5.92 Å². The van der Waals surface area contributed by atoms with Crippen molar-refractivity contribution in [3.05, 3.63) is 0 Å². The van der Waals surface area contributed by atoms with Crippen LogP contribution in [0, 0.1) is 0 Å². The molecule has 3 nitrogen and oxygen atoms in total. The highest BCUT2D eigenvalue weighted by Crippen LogP contribution is 2.12. The van der Waals surface area contributed by atoms with E-state index in [2.05, 4.69) is 4.74 Å². The summed E-state index contributed by atoms with van der Waals surface area (Å²) >= 11 is 0. The molecule has 0 aromatic heterocycles. The number of rotatable bonds is 2. The second-order valence-corrected chi connectivity index (χ2v) is 1.35. The monoisotopic (exact) mass is 140 g/mol. The van der Waals surface area contributed by atoms with Crippen molar-refractivity contribution >= 4 is 5.97 Å². The molecule has 0 spiro atoms. The molecule has 0 amide bonds. The molecule has 0 saturated heterocycles. The van der Waals surface area contributed by atoms with Gasteiger partial charge in [-0.2, -0.15) is 8.78 Å². The van der Waals surface area contributed by atoms with E-state index in [0.717, 1.165) is 7.11 Å². The summed E-state index contributed by atoms with van der Waals surface area (Å²) in [5, 5.41) is 7.84. The van der Waals surface area contributed by atoms with Crippen LogP contribution in [0.15, 0.2) is 0 Å². The number of hydrogen-bond donors (Lipinski definition) is 1. The second-order valence-electron chi connectivity index (χ2n) is 1.35. The van der Waals surface area contributed by atoms with Gasteiger partial charge in [-0.15, -0.1) is 0 Å². The van der Waals surface area contributed by atoms with Gasteiger partial charge in [-0.25, -0.2) is 4.79 Å². The van der Waals surface area contributed by atoms with Crippen LogP contribution in [0.5, 0.6) is 0 Å². The van der Waals surface area contributed by atoms with Gasteiger partial charge in [0.1, 0.15) is 6.61 Å². The average Bonchev–Trinajstić information content (AvgIpc) is 1.86. The average molecular weight is 140 g/mol. The van der Waals surface area contributed by atoms with Crippen molar-refractivity contribution in [1.82, 2.24) is 0 Å². The fourth-order valence-electron chi connectivity index (χ4n) is 0.214. The van der Waals surface area contributed by atoms with Crippen LogP contribution in [-0.2, 0) is 9.53 Å². The number of halogens is 2. The van der Waals surface area contributed by atoms with Crippen LogP contribution in [0.2, 0.25) is 0 Å². The summed E-state index contributed by atoms with van der Waals surface area (Å²) in [6, 6.07) is 0. The first-order valence-corrected chi connectivity index (χ1v) is 2.11. The van der Waals surface area contributed by atoms with Gasteiger partial charge >= 0.3 is 11.9 Å². The third-order valence-electron chi connectivity index (χ3n) is 0.683. The highest BCUT2D eigenvalue weighted by molar-refractivity contribution is 5.77. The molecule has 9 heavy (non-hydrogen) atoms. The lowest BCUT2D eigenvalue weighted by Gasteiger charge is -2.08. The summed E-state index contributed by atoms with van der Waals surface area (Å²) in [4.78, 5) is 9.93. The Hall–Kier alpha value is -0.710. The molecule has 0 aromatic carbocycles. The minimum absolute atomic E-state index is 0.825. The van der Waals surface area contributed by atoms with Gasteiger partial charge in [-0.3, -0.25) is 0 Å². The standard InChI is InChI=1S/C4H6F2O3/c1-9-3(8)4(5,6)2-7/h7H,2H2,1H3. The number of carbonyl (C=O) groups is 1. The molecule has 0 saturated carbocycles. The van der Waals surface area contributed by atoms with Gasteiger partial charge in [-0.1, -0.05) is 0 Å². The van der Waals surface area contributed by atoms with Crippen LogP contribution < -0.4 is 0 Å². The minimum Gasteiger partial charge on any atom is -0.465 e. The van der Waals surface area contributed by atoms with E-state index in [1.807, 2.05) is 0 Å². The van der Waals surface area contributed by atoms with Crippen molar-refractivity contribution in [3.8, 4) is 0 Å². The number of aliphatic hydroxyl groups excluding tert-OH is 1. The molecule has 0 fully saturated rings. The maximum atomic E-state index is 11.8. The molecule has 0 rings (SSSR count). The zero-order valence-electron chi connectivity index (χ0n) is 4.73. The molecule has 54 valence electrons. The first kappa shape index (κ1) is 8.29. The third-order valence-corrected chi connectivity index (χ3v) is 0.683. The van der Waals surface area contributed by atoms with Crippen LogP contribution in [-0.4, -0.2) is 30.7 Å². The minimum atomic E-state index is -3.76. The van der Waals surface area contributed by atoms with E-state index in [9.17, 15) is 13.6 Å². The number of hydrogen-bond acceptors (Lipinski definition) is 3. The number of methoxy groups -OCH3 is 1. The zero-order valence-corrected chi connectivity index (χ0v) is 4.73. The quantitative estimate of drug-likeness (QED) is 0.539. The number of carbonyl (C=O) groups excluding carboxylic acids is 1. The molecule has 0 aliphatic carbocycles. The topological polar surface area (TPSA) is 46.5 Å².